The molecule has 2 aromatic rings. The van der Waals surface area contributed by atoms with Crippen LogP contribution in [-0.4, -0.2) is 18.6 Å². The summed E-state index contributed by atoms with van der Waals surface area (Å²) in [5.41, 5.74) is 1.11. The fourth-order valence-corrected chi connectivity index (χ4v) is 2.43. The number of furan rings is 1. The van der Waals surface area contributed by atoms with Crippen LogP contribution in [0, 0.1) is 6.92 Å². The Bertz CT molecular complexity index is 420. The van der Waals surface area contributed by atoms with Gasteiger partial charge in [0, 0.05) is 4.88 Å². The van der Waals surface area contributed by atoms with Crippen LogP contribution in [-0.2, 0) is 6.42 Å². The van der Waals surface area contributed by atoms with Crippen molar-refractivity contribution in [1.82, 2.24) is 10.3 Å². The van der Waals surface area contributed by atoms with Gasteiger partial charge in [0.2, 0.25) is 0 Å². The normalized spacial score (nSPS) is 10.8. The van der Waals surface area contributed by atoms with E-state index in [0.29, 0.717) is 0 Å². The van der Waals surface area contributed by atoms with Crippen LogP contribution >= 0.6 is 11.3 Å². The van der Waals surface area contributed by atoms with Crippen LogP contribution in [0.1, 0.15) is 10.6 Å². The molecule has 15 heavy (non-hydrogen) atoms. The Hall–Kier alpha value is -1.13. The SMILES string of the molecule is CNCCc1sc(-c2ccco2)nc1C. The van der Waals surface area contributed by atoms with Crippen LogP contribution in [0.5, 0.6) is 0 Å². The Kier molecular flexibility index (Phi) is 3.18. The van der Waals surface area contributed by atoms with Crippen molar-refractivity contribution in [2.24, 2.45) is 0 Å². The Morgan fingerprint density at radius 2 is 2.40 bits per heavy atom. The first-order chi connectivity index (χ1) is 7.31. The van der Waals surface area contributed by atoms with Crippen molar-refractivity contribution in [2.75, 3.05) is 13.6 Å². The molecular formula is C11H14N2OS. The quantitative estimate of drug-likeness (QED) is 0.863. The van der Waals surface area contributed by atoms with E-state index in [1.54, 1.807) is 17.6 Å². The first-order valence-electron chi connectivity index (χ1n) is 4.96. The summed E-state index contributed by atoms with van der Waals surface area (Å²) < 4.78 is 5.32. The third-order valence-electron chi connectivity index (χ3n) is 2.23. The minimum absolute atomic E-state index is 0.860. The minimum atomic E-state index is 0.860. The van der Waals surface area contributed by atoms with Crippen LogP contribution in [0.2, 0.25) is 0 Å². The summed E-state index contributed by atoms with van der Waals surface area (Å²) in [6.07, 6.45) is 2.71. The molecule has 0 aliphatic rings. The number of nitrogens with zero attached hydrogens (tertiary/aromatic N) is 1. The zero-order valence-electron chi connectivity index (χ0n) is 8.91. The molecule has 0 radical (unpaired) electrons. The van der Waals surface area contributed by atoms with E-state index in [4.69, 9.17) is 4.42 Å². The van der Waals surface area contributed by atoms with Crippen LogP contribution in [0.25, 0.3) is 10.8 Å². The highest BCUT2D eigenvalue weighted by atomic mass is 32.1. The fraction of sp³-hybridized carbons (Fsp3) is 0.364. The maximum absolute atomic E-state index is 5.32. The second-order valence-corrected chi connectivity index (χ2v) is 4.44. The van der Waals surface area contributed by atoms with Gasteiger partial charge >= 0.3 is 0 Å². The molecule has 0 atom stereocenters. The second-order valence-electron chi connectivity index (χ2n) is 3.36. The molecule has 0 aliphatic carbocycles. The van der Waals surface area contributed by atoms with Gasteiger partial charge in [-0.2, -0.15) is 0 Å². The van der Waals surface area contributed by atoms with E-state index in [9.17, 15) is 0 Å². The van der Waals surface area contributed by atoms with Gasteiger partial charge in [0.05, 0.1) is 12.0 Å². The van der Waals surface area contributed by atoms with E-state index in [1.165, 1.54) is 4.88 Å². The highest BCUT2D eigenvalue weighted by Crippen LogP contribution is 2.28. The van der Waals surface area contributed by atoms with E-state index in [-0.39, 0.29) is 0 Å². The van der Waals surface area contributed by atoms with Crippen molar-refractivity contribution in [3.63, 3.8) is 0 Å². The van der Waals surface area contributed by atoms with Crippen LogP contribution in [0.15, 0.2) is 22.8 Å². The molecule has 1 N–H and O–H groups in total. The summed E-state index contributed by atoms with van der Waals surface area (Å²) in [5, 5.41) is 4.12. The zero-order chi connectivity index (χ0) is 10.7. The van der Waals surface area contributed by atoms with Crippen LogP contribution in [0.4, 0.5) is 0 Å². The van der Waals surface area contributed by atoms with Gasteiger partial charge in [0.25, 0.3) is 0 Å². The monoisotopic (exact) mass is 222 g/mol. The van der Waals surface area contributed by atoms with Crippen LogP contribution in [0.3, 0.4) is 0 Å². The lowest BCUT2D eigenvalue weighted by Gasteiger charge is -1.95. The lowest BCUT2D eigenvalue weighted by atomic mass is 10.3. The van der Waals surface area contributed by atoms with Crippen LogP contribution < -0.4 is 5.32 Å². The predicted molar refractivity (Wildman–Crippen MR) is 62.2 cm³/mol. The minimum Gasteiger partial charge on any atom is -0.462 e. The fourth-order valence-electron chi connectivity index (χ4n) is 1.40. The molecule has 3 nitrogen and oxygen atoms in total. The van der Waals surface area contributed by atoms with Crippen molar-refractivity contribution >= 4 is 11.3 Å². The molecule has 2 heterocycles. The van der Waals surface area contributed by atoms with Crippen molar-refractivity contribution in [3.05, 3.63) is 29.0 Å². The molecule has 2 aromatic heterocycles. The van der Waals surface area contributed by atoms with Crippen molar-refractivity contribution in [3.8, 4) is 10.8 Å². The number of aromatic nitrogens is 1. The zero-order valence-corrected chi connectivity index (χ0v) is 9.73. The first kappa shape index (κ1) is 10.4. The predicted octanol–water partition coefficient (Wildman–Crippen LogP) is 2.47. The number of likely N-dealkylation sites (N-methyl/N-ethyl adjacent to an activating group) is 1. The van der Waals surface area contributed by atoms with Crippen molar-refractivity contribution < 1.29 is 4.42 Å². The molecular weight excluding hydrogens is 208 g/mol. The molecule has 0 saturated heterocycles. The van der Waals surface area contributed by atoms with Gasteiger partial charge in [-0.3, -0.25) is 0 Å². The van der Waals surface area contributed by atoms with Gasteiger partial charge in [-0.1, -0.05) is 0 Å². The van der Waals surface area contributed by atoms with Gasteiger partial charge in [0.1, 0.15) is 0 Å². The Balaban J connectivity index is 2.21. The van der Waals surface area contributed by atoms with Gasteiger partial charge in [0.15, 0.2) is 10.8 Å². The maximum atomic E-state index is 5.32. The molecule has 0 spiro atoms. The van der Waals surface area contributed by atoms with E-state index in [2.05, 4.69) is 10.3 Å². The topological polar surface area (TPSA) is 38.1 Å². The number of nitrogens with one attached hydrogen (secondary N) is 1. The standard InChI is InChI=1S/C11H14N2OS/c1-8-10(5-6-12-2)15-11(13-8)9-4-3-7-14-9/h3-4,7,12H,5-6H2,1-2H3. The largest absolute Gasteiger partial charge is 0.462 e. The summed E-state index contributed by atoms with van der Waals surface area (Å²) in [4.78, 5) is 5.83. The summed E-state index contributed by atoms with van der Waals surface area (Å²) in [6.45, 7) is 3.04. The second kappa shape index (κ2) is 4.59. The van der Waals surface area contributed by atoms with Crippen molar-refractivity contribution in [2.45, 2.75) is 13.3 Å². The number of hydrogen-bond donors (Lipinski definition) is 1. The van der Waals surface area contributed by atoms with Gasteiger partial charge in [-0.15, -0.1) is 11.3 Å². The Morgan fingerprint density at radius 1 is 1.53 bits per heavy atom. The Labute approximate surface area is 93.2 Å². The third kappa shape index (κ3) is 2.27. The highest BCUT2D eigenvalue weighted by molar-refractivity contribution is 7.15. The highest BCUT2D eigenvalue weighted by Gasteiger charge is 2.10. The first-order valence-corrected chi connectivity index (χ1v) is 5.77. The molecule has 0 bridgehead atoms. The van der Waals surface area contributed by atoms with E-state index >= 15 is 0 Å². The lowest BCUT2D eigenvalue weighted by Crippen LogP contribution is -2.09. The molecule has 0 amide bonds. The molecule has 0 unspecified atom stereocenters. The number of thiazole rings is 1. The molecule has 0 fully saturated rings. The van der Waals surface area contributed by atoms with Gasteiger partial charge in [-0.25, -0.2) is 4.98 Å². The molecule has 4 heteroatoms. The molecule has 0 aromatic carbocycles. The average molecular weight is 222 g/mol. The average Bonchev–Trinajstić information content (AvgIpc) is 2.83. The van der Waals surface area contributed by atoms with Crippen molar-refractivity contribution in [1.29, 1.82) is 0 Å². The summed E-state index contributed by atoms with van der Waals surface area (Å²) >= 11 is 1.71. The summed E-state index contributed by atoms with van der Waals surface area (Å²) in [7, 11) is 1.96. The van der Waals surface area contributed by atoms with E-state index in [0.717, 1.165) is 29.4 Å². The van der Waals surface area contributed by atoms with Gasteiger partial charge in [-0.05, 0) is 39.1 Å². The Morgan fingerprint density at radius 3 is 3.07 bits per heavy atom. The lowest BCUT2D eigenvalue weighted by molar-refractivity contribution is 0.581. The third-order valence-corrected chi connectivity index (χ3v) is 3.46. The smallest absolute Gasteiger partial charge is 0.162 e. The molecule has 0 saturated carbocycles. The maximum Gasteiger partial charge on any atom is 0.162 e. The van der Waals surface area contributed by atoms with E-state index < -0.39 is 0 Å². The molecule has 80 valence electrons. The number of hydrogen-bond acceptors (Lipinski definition) is 4. The molecule has 2 rings (SSSR count). The number of aryl methyl sites for hydroxylation is 1. The van der Waals surface area contributed by atoms with Gasteiger partial charge < -0.3 is 9.73 Å². The number of rotatable bonds is 4. The van der Waals surface area contributed by atoms with E-state index in [1.807, 2.05) is 26.1 Å². The summed E-state index contributed by atoms with van der Waals surface area (Å²) in [6, 6.07) is 3.83. The molecule has 0 aliphatic heterocycles. The summed E-state index contributed by atoms with van der Waals surface area (Å²) in [5.74, 6) is 0.860.